The second-order valence-electron chi connectivity index (χ2n) is 5.65. The van der Waals surface area contributed by atoms with Gasteiger partial charge in [-0.2, -0.15) is 12.6 Å². The van der Waals surface area contributed by atoms with Crippen LogP contribution in [0.3, 0.4) is 0 Å². The van der Waals surface area contributed by atoms with E-state index in [1.807, 2.05) is 18.2 Å². The van der Waals surface area contributed by atoms with E-state index in [4.69, 9.17) is 0 Å². The van der Waals surface area contributed by atoms with E-state index >= 15 is 0 Å². The second-order valence-corrected chi connectivity index (χ2v) is 7.27. The number of benzene rings is 1. The zero-order chi connectivity index (χ0) is 17.4. The number of amides is 2. The van der Waals surface area contributed by atoms with Crippen molar-refractivity contribution in [3.63, 3.8) is 0 Å². The van der Waals surface area contributed by atoms with E-state index in [0.717, 1.165) is 5.56 Å². The van der Waals surface area contributed by atoms with Crippen molar-refractivity contribution >= 4 is 42.2 Å². The Balaban J connectivity index is 1.69. The number of β-lactam (4-membered cyclic amide) rings is 1. The second kappa shape index (κ2) is 6.52. The molecule has 0 aliphatic carbocycles. The summed E-state index contributed by atoms with van der Waals surface area (Å²) in [5.74, 6) is -1.43. The lowest BCUT2D eigenvalue weighted by Gasteiger charge is -2.52. The lowest BCUT2D eigenvalue weighted by molar-refractivity contribution is -0.160. The standard InChI is InChI=1S/C16H16N2O4S2/c1-8-7-24-15-10(14(20)18(15)11(8)16(21)22)17-13(19)12(23)9-5-3-2-4-6-9/h2-6,10-12,15,23H,1,7H2,(H,17,19)(H,21,22)/t10?,11?,12?,15-/m1/s1. The Kier molecular flexibility index (Phi) is 4.60. The molecule has 2 fully saturated rings. The van der Waals surface area contributed by atoms with Gasteiger partial charge in [-0.05, 0) is 11.1 Å². The molecule has 126 valence electrons. The number of nitrogens with zero attached hydrogens (tertiary/aromatic N) is 1. The van der Waals surface area contributed by atoms with Gasteiger partial charge in [0, 0.05) is 5.75 Å². The minimum atomic E-state index is -1.10. The molecule has 24 heavy (non-hydrogen) atoms. The van der Waals surface area contributed by atoms with Crippen LogP contribution in [-0.2, 0) is 14.4 Å². The maximum atomic E-state index is 12.3. The molecule has 8 heteroatoms. The van der Waals surface area contributed by atoms with Crippen LogP contribution in [0.4, 0.5) is 0 Å². The maximum Gasteiger partial charge on any atom is 0.330 e. The quantitative estimate of drug-likeness (QED) is 0.423. The van der Waals surface area contributed by atoms with Gasteiger partial charge in [-0.1, -0.05) is 36.9 Å². The number of carbonyl (C=O) groups is 3. The van der Waals surface area contributed by atoms with Gasteiger partial charge in [-0.25, -0.2) is 4.79 Å². The molecule has 2 saturated heterocycles. The van der Waals surface area contributed by atoms with E-state index in [9.17, 15) is 19.5 Å². The summed E-state index contributed by atoms with van der Waals surface area (Å²) in [6.07, 6.45) is 0. The minimum absolute atomic E-state index is 0.376. The highest BCUT2D eigenvalue weighted by Crippen LogP contribution is 2.40. The van der Waals surface area contributed by atoms with E-state index in [0.29, 0.717) is 11.3 Å². The summed E-state index contributed by atoms with van der Waals surface area (Å²) in [5.41, 5.74) is 1.22. The predicted molar refractivity (Wildman–Crippen MR) is 93.8 cm³/mol. The van der Waals surface area contributed by atoms with Crippen LogP contribution in [-0.4, -0.2) is 51.0 Å². The van der Waals surface area contributed by atoms with Crippen molar-refractivity contribution in [3.8, 4) is 0 Å². The molecule has 2 aliphatic heterocycles. The summed E-state index contributed by atoms with van der Waals surface area (Å²) in [4.78, 5) is 37.3. The molecular weight excluding hydrogens is 348 g/mol. The van der Waals surface area contributed by atoms with Gasteiger partial charge >= 0.3 is 5.97 Å². The number of hydrogen-bond donors (Lipinski definition) is 3. The number of carbonyl (C=O) groups excluding carboxylic acids is 2. The molecule has 3 unspecified atom stereocenters. The summed E-state index contributed by atoms with van der Waals surface area (Å²) < 4.78 is 0. The monoisotopic (exact) mass is 364 g/mol. The molecular formula is C16H16N2O4S2. The first kappa shape index (κ1) is 16.9. The highest BCUT2D eigenvalue weighted by molar-refractivity contribution is 8.00. The Morgan fingerprint density at radius 3 is 2.67 bits per heavy atom. The summed E-state index contributed by atoms with van der Waals surface area (Å²) in [6.45, 7) is 3.73. The molecule has 0 bridgehead atoms. The number of thiol groups is 1. The van der Waals surface area contributed by atoms with Crippen LogP contribution in [0.1, 0.15) is 10.8 Å². The van der Waals surface area contributed by atoms with E-state index < -0.39 is 29.2 Å². The molecule has 2 aliphatic rings. The number of rotatable bonds is 4. The average Bonchev–Trinajstić information content (AvgIpc) is 2.59. The summed E-state index contributed by atoms with van der Waals surface area (Å²) in [6, 6.07) is 7.28. The first-order valence-corrected chi connectivity index (χ1v) is 8.86. The lowest BCUT2D eigenvalue weighted by atomic mass is 9.98. The fraction of sp³-hybridized carbons (Fsp3) is 0.312. The summed E-state index contributed by atoms with van der Waals surface area (Å²) >= 11 is 5.72. The highest BCUT2D eigenvalue weighted by Gasteiger charge is 2.56. The van der Waals surface area contributed by atoms with E-state index in [-0.39, 0.29) is 11.3 Å². The van der Waals surface area contributed by atoms with Crippen LogP contribution in [0, 0.1) is 0 Å². The fourth-order valence-electron chi connectivity index (χ4n) is 2.85. The maximum absolute atomic E-state index is 12.3. The predicted octanol–water partition coefficient (Wildman–Crippen LogP) is 1.07. The van der Waals surface area contributed by atoms with Gasteiger partial charge in [-0.3, -0.25) is 9.59 Å². The van der Waals surface area contributed by atoms with Gasteiger partial charge < -0.3 is 15.3 Å². The lowest BCUT2D eigenvalue weighted by Crippen LogP contribution is -2.74. The molecule has 1 aromatic carbocycles. The van der Waals surface area contributed by atoms with Gasteiger partial charge in [0.1, 0.15) is 16.7 Å². The number of carboxylic acid groups (broad SMARTS) is 1. The highest BCUT2D eigenvalue weighted by atomic mass is 32.2. The van der Waals surface area contributed by atoms with Crippen molar-refractivity contribution in [1.29, 1.82) is 0 Å². The smallest absolute Gasteiger partial charge is 0.330 e. The number of thioether (sulfide) groups is 1. The Labute approximate surface area is 148 Å². The van der Waals surface area contributed by atoms with Crippen LogP contribution >= 0.6 is 24.4 Å². The van der Waals surface area contributed by atoms with Crippen LogP contribution in [0.5, 0.6) is 0 Å². The van der Waals surface area contributed by atoms with Crippen LogP contribution in [0.15, 0.2) is 42.5 Å². The molecule has 1 aromatic rings. The van der Waals surface area contributed by atoms with Gasteiger partial charge in [-0.15, -0.1) is 11.8 Å². The van der Waals surface area contributed by atoms with E-state index in [2.05, 4.69) is 24.5 Å². The molecule has 0 saturated carbocycles. The van der Waals surface area contributed by atoms with E-state index in [1.54, 1.807) is 12.1 Å². The molecule has 3 rings (SSSR count). The molecule has 6 nitrogen and oxygen atoms in total. The number of nitrogens with one attached hydrogen (secondary N) is 1. The molecule has 0 aromatic heterocycles. The zero-order valence-electron chi connectivity index (χ0n) is 12.6. The SMILES string of the molecule is C=C1CS[C@@H]2C(NC(=O)C(S)c3ccccc3)C(=O)N2C1C(=O)O. The van der Waals surface area contributed by atoms with Crippen molar-refractivity contribution in [2.45, 2.75) is 22.7 Å². The number of carboxylic acids is 1. The Hall–Kier alpha value is -1.93. The number of fused-ring (bicyclic) bond motifs is 1. The Morgan fingerprint density at radius 2 is 2.04 bits per heavy atom. The molecule has 2 amide bonds. The van der Waals surface area contributed by atoms with Gasteiger partial charge in [0.15, 0.2) is 6.04 Å². The largest absolute Gasteiger partial charge is 0.479 e. The molecule has 0 spiro atoms. The zero-order valence-corrected chi connectivity index (χ0v) is 14.3. The van der Waals surface area contributed by atoms with Crippen LogP contribution in [0.2, 0.25) is 0 Å². The average molecular weight is 364 g/mol. The molecule has 2 N–H and O–H groups in total. The number of aliphatic carboxylic acids is 1. The summed E-state index contributed by atoms with van der Waals surface area (Å²) in [7, 11) is 0. The fourth-order valence-corrected chi connectivity index (χ4v) is 4.40. The Bertz CT molecular complexity index is 709. The first-order valence-electron chi connectivity index (χ1n) is 7.29. The van der Waals surface area contributed by atoms with Crippen LogP contribution in [0.25, 0.3) is 0 Å². The Morgan fingerprint density at radius 1 is 1.38 bits per heavy atom. The van der Waals surface area contributed by atoms with E-state index in [1.165, 1.54) is 16.7 Å². The molecule has 0 radical (unpaired) electrons. The van der Waals surface area contributed by atoms with Crippen LogP contribution < -0.4 is 5.32 Å². The molecule has 2 heterocycles. The summed E-state index contributed by atoms with van der Waals surface area (Å²) in [5, 5.41) is 10.9. The van der Waals surface area contributed by atoms with Gasteiger partial charge in [0.25, 0.3) is 0 Å². The van der Waals surface area contributed by atoms with Crippen molar-refractivity contribution < 1.29 is 19.5 Å². The minimum Gasteiger partial charge on any atom is -0.479 e. The van der Waals surface area contributed by atoms with Crippen molar-refractivity contribution in [1.82, 2.24) is 10.2 Å². The third-order valence-electron chi connectivity index (χ3n) is 4.08. The number of hydrogen-bond acceptors (Lipinski definition) is 5. The van der Waals surface area contributed by atoms with Gasteiger partial charge in [0.05, 0.1) is 0 Å². The topological polar surface area (TPSA) is 86.7 Å². The van der Waals surface area contributed by atoms with Gasteiger partial charge in [0.2, 0.25) is 11.8 Å². The normalized spacial score (nSPS) is 27.0. The third kappa shape index (κ3) is 2.80. The van der Waals surface area contributed by atoms with Crippen molar-refractivity contribution in [2.24, 2.45) is 0 Å². The van der Waals surface area contributed by atoms with Crippen molar-refractivity contribution in [3.05, 3.63) is 48.0 Å². The first-order chi connectivity index (χ1) is 11.4. The van der Waals surface area contributed by atoms with Crippen molar-refractivity contribution in [2.75, 3.05) is 5.75 Å². The molecule has 4 atom stereocenters. The third-order valence-corrected chi connectivity index (χ3v) is 5.99.